The minimum atomic E-state index is -4.55. The van der Waals surface area contributed by atoms with Gasteiger partial charge >= 0.3 is 6.18 Å². The molecule has 1 aromatic heterocycles. The van der Waals surface area contributed by atoms with Gasteiger partial charge in [-0.2, -0.15) is 18.3 Å². The molecule has 8 heteroatoms. The Kier molecular flexibility index (Phi) is 4.91. The lowest BCUT2D eigenvalue weighted by Crippen LogP contribution is -2.38. The first kappa shape index (κ1) is 17.6. The third kappa shape index (κ3) is 4.08. The first-order valence-corrected chi connectivity index (χ1v) is 7.80. The van der Waals surface area contributed by atoms with Gasteiger partial charge in [-0.3, -0.25) is 0 Å². The van der Waals surface area contributed by atoms with E-state index in [9.17, 15) is 17.7 Å². The van der Waals surface area contributed by atoms with Crippen molar-refractivity contribution in [3.8, 4) is 0 Å². The minimum Gasteiger partial charge on any atom is -0.368 e. The maximum Gasteiger partial charge on any atom is 0.433 e. The number of pyridine rings is 1. The maximum absolute atomic E-state index is 14.4. The van der Waals surface area contributed by atoms with Crippen LogP contribution in [-0.2, 0) is 10.9 Å². The molecule has 0 spiro atoms. The Morgan fingerprint density at radius 3 is 2.32 bits per heavy atom. The van der Waals surface area contributed by atoms with Crippen LogP contribution in [-0.4, -0.2) is 24.2 Å². The van der Waals surface area contributed by atoms with Gasteiger partial charge in [0.15, 0.2) is 0 Å². The van der Waals surface area contributed by atoms with Crippen LogP contribution in [0, 0.1) is 0 Å². The molecule has 0 saturated carbocycles. The van der Waals surface area contributed by atoms with E-state index in [0.717, 1.165) is 30.4 Å². The van der Waals surface area contributed by atoms with Crippen molar-refractivity contribution in [1.82, 2.24) is 10.3 Å². The van der Waals surface area contributed by atoms with Gasteiger partial charge in [-0.1, -0.05) is 16.6 Å². The summed E-state index contributed by atoms with van der Waals surface area (Å²) in [5.74, 6) is 0. The number of alkyl halides is 3. The minimum absolute atomic E-state index is 0.0787. The first-order chi connectivity index (χ1) is 11.8. The highest BCUT2D eigenvalue weighted by atomic mass is 19.4. The molecule has 4 nitrogen and oxygen atoms in total. The number of anilines is 2. The number of hydrogen-bond acceptors (Lipinski definition) is 4. The Labute approximate surface area is 142 Å². The Balaban J connectivity index is 1.73. The second kappa shape index (κ2) is 6.97. The lowest BCUT2D eigenvalue weighted by atomic mass is 10.1. The van der Waals surface area contributed by atoms with E-state index in [2.05, 4.69) is 10.3 Å². The van der Waals surface area contributed by atoms with Crippen LogP contribution in [0.2, 0.25) is 0 Å². The van der Waals surface area contributed by atoms with E-state index in [-0.39, 0.29) is 23.6 Å². The van der Waals surface area contributed by atoms with Crippen molar-refractivity contribution in [2.45, 2.75) is 25.3 Å². The molecule has 1 aliphatic rings. The summed E-state index contributed by atoms with van der Waals surface area (Å²) in [5.41, 5.74) is -0.0371. The van der Waals surface area contributed by atoms with Crippen LogP contribution in [0.15, 0.2) is 42.6 Å². The smallest absolute Gasteiger partial charge is 0.368 e. The van der Waals surface area contributed by atoms with Crippen molar-refractivity contribution in [3.63, 3.8) is 0 Å². The van der Waals surface area contributed by atoms with Gasteiger partial charge in [-0.05, 0) is 36.8 Å². The Bertz CT molecular complexity index is 703. The van der Waals surface area contributed by atoms with Crippen molar-refractivity contribution in [3.05, 3.63) is 53.9 Å². The van der Waals surface area contributed by atoms with Gasteiger partial charge in [-0.25, -0.2) is 4.98 Å². The van der Waals surface area contributed by atoms with E-state index in [4.69, 9.17) is 4.74 Å². The van der Waals surface area contributed by atoms with Gasteiger partial charge in [0, 0.05) is 13.1 Å². The van der Waals surface area contributed by atoms with Crippen molar-refractivity contribution in [2.24, 2.45) is 0 Å². The third-order valence-electron chi connectivity index (χ3n) is 3.91. The summed E-state index contributed by atoms with van der Waals surface area (Å²) in [4.78, 5) is 3.26. The van der Waals surface area contributed by atoms with Crippen molar-refractivity contribution in [2.75, 3.05) is 18.2 Å². The SMILES string of the molecule is C[C@@H]1CNC[C@H](c2ccc(N(F)c3ccc(C(F)(F)F)nc3)cc2)O1. The first-order valence-electron chi connectivity index (χ1n) is 7.80. The predicted octanol–water partition coefficient (Wildman–Crippen LogP) is 4.17. The summed E-state index contributed by atoms with van der Waals surface area (Å²) in [7, 11) is 0. The molecule has 2 heterocycles. The number of nitrogens with zero attached hydrogens (tertiary/aromatic N) is 2. The number of nitrogens with one attached hydrogen (secondary N) is 1. The number of benzene rings is 1. The molecule has 1 aromatic carbocycles. The highest BCUT2D eigenvalue weighted by Crippen LogP contribution is 2.31. The Morgan fingerprint density at radius 2 is 1.76 bits per heavy atom. The van der Waals surface area contributed by atoms with Gasteiger partial charge in [0.1, 0.15) is 5.69 Å². The molecule has 0 radical (unpaired) electrons. The maximum atomic E-state index is 14.4. The van der Waals surface area contributed by atoms with Crippen LogP contribution in [0.3, 0.4) is 0 Å². The normalized spacial score (nSPS) is 21.2. The summed E-state index contributed by atoms with van der Waals surface area (Å²) in [6.45, 7) is 3.42. The van der Waals surface area contributed by atoms with Crippen molar-refractivity contribution < 1.29 is 22.4 Å². The van der Waals surface area contributed by atoms with E-state index in [0.29, 0.717) is 11.7 Å². The number of ether oxygens (including phenoxy) is 1. The van der Waals surface area contributed by atoms with Gasteiger partial charge in [-0.15, -0.1) is 0 Å². The highest BCUT2D eigenvalue weighted by molar-refractivity contribution is 5.59. The molecule has 25 heavy (non-hydrogen) atoms. The van der Waals surface area contributed by atoms with Crippen LogP contribution < -0.4 is 10.4 Å². The Hall–Kier alpha value is -2.19. The zero-order valence-corrected chi connectivity index (χ0v) is 13.4. The molecule has 3 rings (SSSR count). The fourth-order valence-corrected chi connectivity index (χ4v) is 2.63. The number of morpholine rings is 1. The molecular formula is C17H17F4N3O. The summed E-state index contributed by atoms with van der Waals surface area (Å²) < 4.78 is 57.7. The molecule has 0 amide bonds. The summed E-state index contributed by atoms with van der Waals surface area (Å²) >= 11 is 0. The van der Waals surface area contributed by atoms with Crippen LogP contribution >= 0.6 is 0 Å². The fourth-order valence-electron chi connectivity index (χ4n) is 2.63. The van der Waals surface area contributed by atoms with Crippen LogP contribution in [0.25, 0.3) is 0 Å². The number of halogens is 4. The molecule has 0 unspecified atom stereocenters. The molecule has 2 aromatic rings. The number of aromatic nitrogens is 1. The van der Waals surface area contributed by atoms with Crippen LogP contribution in [0.4, 0.5) is 29.0 Å². The van der Waals surface area contributed by atoms with Crippen molar-refractivity contribution >= 4 is 11.4 Å². The number of rotatable bonds is 3. The average Bonchev–Trinajstić information content (AvgIpc) is 2.61. The Morgan fingerprint density at radius 1 is 1.08 bits per heavy atom. The van der Waals surface area contributed by atoms with E-state index >= 15 is 0 Å². The summed E-state index contributed by atoms with van der Waals surface area (Å²) in [6, 6.07) is 8.37. The van der Waals surface area contributed by atoms with E-state index in [1.165, 1.54) is 0 Å². The lowest BCUT2D eigenvalue weighted by molar-refractivity contribution is -0.141. The highest BCUT2D eigenvalue weighted by Gasteiger charge is 2.32. The fraction of sp³-hybridized carbons (Fsp3) is 0.353. The molecule has 0 bridgehead atoms. The molecule has 1 fully saturated rings. The molecule has 1 N–H and O–H groups in total. The number of hydrogen-bond donors (Lipinski definition) is 1. The molecule has 1 saturated heterocycles. The summed E-state index contributed by atoms with van der Waals surface area (Å²) in [5, 5.41) is 3.55. The van der Waals surface area contributed by atoms with E-state index in [1.807, 2.05) is 6.92 Å². The lowest BCUT2D eigenvalue weighted by Gasteiger charge is -2.29. The molecular weight excluding hydrogens is 338 g/mol. The molecule has 0 aliphatic carbocycles. The van der Waals surface area contributed by atoms with Gasteiger partial charge in [0.2, 0.25) is 0 Å². The monoisotopic (exact) mass is 355 g/mol. The van der Waals surface area contributed by atoms with E-state index < -0.39 is 11.9 Å². The second-order valence-electron chi connectivity index (χ2n) is 5.87. The zero-order valence-electron chi connectivity index (χ0n) is 13.4. The van der Waals surface area contributed by atoms with Crippen molar-refractivity contribution in [1.29, 1.82) is 0 Å². The van der Waals surface area contributed by atoms with E-state index in [1.54, 1.807) is 24.3 Å². The van der Waals surface area contributed by atoms with Crippen LogP contribution in [0.1, 0.15) is 24.3 Å². The summed E-state index contributed by atoms with van der Waals surface area (Å²) in [6.07, 6.45) is -3.72. The van der Waals surface area contributed by atoms with Crippen LogP contribution in [0.5, 0.6) is 0 Å². The zero-order chi connectivity index (χ0) is 18.0. The van der Waals surface area contributed by atoms with Gasteiger partial charge in [0.05, 0.1) is 29.8 Å². The quantitative estimate of drug-likeness (QED) is 0.662. The van der Waals surface area contributed by atoms with Gasteiger partial charge in [0.25, 0.3) is 0 Å². The third-order valence-corrected chi connectivity index (χ3v) is 3.91. The predicted molar refractivity (Wildman–Crippen MR) is 85.1 cm³/mol. The molecule has 134 valence electrons. The topological polar surface area (TPSA) is 37.4 Å². The largest absolute Gasteiger partial charge is 0.433 e. The molecule has 1 aliphatic heterocycles. The second-order valence-corrected chi connectivity index (χ2v) is 5.87. The van der Waals surface area contributed by atoms with Gasteiger partial charge < -0.3 is 10.1 Å². The standard InChI is InChI=1S/C17H17F4N3O/c1-11-8-22-10-15(25-11)12-2-4-13(5-3-12)24(21)14-6-7-16(23-9-14)17(18,19)20/h2-7,9,11,15,22H,8,10H2,1H3/t11-,15-/m1/s1. The average molecular weight is 355 g/mol. The molecule has 2 atom stereocenters.